The lowest BCUT2D eigenvalue weighted by Crippen LogP contribution is -1.98. The van der Waals surface area contributed by atoms with Gasteiger partial charge in [-0.2, -0.15) is 0 Å². The van der Waals surface area contributed by atoms with Gasteiger partial charge in [0.05, 0.1) is 19.9 Å². The van der Waals surface area contributed by atoms with Crippen molar-refractivity contribution in [1.82, 2.24) is 0 Å². The number of ketones is 1. The maximum absolute atomic E-state index is 12.1. The van der Waals surface area contributed by atoms with E-state index >= 15 is 0 Å². The molecule has 2 rings (SSSR count). The Kier molecular flexibility index (Phi) is 5.03. The molecule has 0 spiro atoms. The van der Waals surface area contributed by atoms with Crippen molar-refractivity contribution in [1.29, 1.82) is 0 Å². The van der Waals surface area contributed by atoms with Gasteiger partial charge in [0.15, 0.2) is 17.3 Å². The van der Waals surface area contributed by atoms with E-state index in [4.69, 9.17) is 9.47 Å². The van der Waals surface area contributed by atoms with Crippen LogP contribution in [0.3, 0.4) is 0 Å². The van der Waals surface area contributed by atoms with Crippen molar-refractivity contribution in [3.63, 3.8) is 0 Å². The third-order valence-corrected chi connectivity index (χ3v) is 3.05. The summed E-state index contributed by atoms with van der Waals surface area (Å²) in [5.41, 5.74) is 1.01. The molecule has 0 unspecified atom stereocenters. The van der Waals surface area contributed by atoms with E-state index in [1.165, 1.54) is 26.5 Å². The molecule has 0 fully saturated rings. The molecule has 0 aliphatic heterocycles. The van der Waals surface area contributed by atoms with Gasteiger partial charge in [-0.05, 0) is 30.3 Å². The van der Waals surface area contributed by atoms with Gasteiger partial charge in [0.25, 0.3) is 0 Å². The Balaban J connectivity index is 2.09. The first-order valence-electron chi connectivity index (χ1n) is 6.63. The zero-order valence-corrected chi connectivity index (χ0v) is 12.4. The van der Waals surface area contributed by atoms with Gasteiger partial charge in [-0.25, -0.2) is 0 Å². The molecule has 0 bridgehead atoms. The minimum atomic E-state index is -0.191. The van der Waals surface area contributed by atoms with Gasteiger partial charge in [-0.1, -0.05) is 12.1 Å². The maximum atomic E-state index is 12.1. The number of carbonyl (C=O) groups excluding carboxylic acids is 1. The molecular formula is C17H17NO4. The number of aromatic hydroxyl groups is 1. The lowest BCUT2D eigenvalue weighted by atomic mass is 10.1. The molecule has 0 aliphatic carbocycles. The highest BCUT2D eigenvalue weighted by atomic mass is 16.5. The molecule has 0 aromatic heterocycles. The highest BCUT2D eigenvalue weighted by Crippen LogP contribution is 2.27. The number of carbonyl (C=O) groups is 1. The molecule has 114 valence electrons. The SMILES string of the molecule is COc1ccc(C(=O)C=CNc2ccccc2O)cc1OC. The molecule has 22 heavy (non-hydrogen) atoms. The first kappa shape index (κ1) is 15.4. The summed E-state index contributed by atoms with van der Waals surface area (Å²) < 4.78 is 10.3. The smallest absolute Gasteiger partial charge is 0.187 e. The second-order valence-corrected chi connectivity index (χ2v) is 4.43. The van der Waals surface area contributed by atoms with Crippen molar-refractivity contribution < 1.29 is 19.4 Å². The normalized spacial score (nSPS) is 10.5. The summed E-state index contributed by atoms with van der Waals surface area (Å²) in [6.45, 7) is 0. The number of anilines is 1. The number of methoxy groups -OCH3 is 2. The quantitative estimate of drug-likeness (QED) is 0.487. The third-order valence-electron chi connectivity index (χ3n) is 3.05. The van der Waals surface area contributed by atoms with Crippen LogP contribution in [0, 0.1) is 0 Å². The summed E-state index contributed by atoms with van der Waals surface area (Å²) in [6, 6.07) is 11.7. The van der Waals surface area contributed by atoms with Crippen LogP contribution >= 0.6 is 0 Å². The van der Waals surface area contributed by atoms with Crippen LogP contribution in [-0.2, 0) is 0 Å². The number of para-hydroxylation sites is 2. The number of phenolic OH excluding ortho intramolecular Hbond substituents is 1. The fraction of sp³-hybridized carbons (Fsp3) is 0.118. The van der Waals surface area contributed by atoms with Crippen LogP contribution in [0.5, 0.6) is 17.2 Å². The van der Waals surface area contributed by atoms with Crippen molar-refractivity contribution in [2.45, 2.75) is 0 Å². The Hall–Kier alpha value is -2.95. The van der Waals surface area contributed by atoms with Crippen LogP contribution in [0.25, 0.3) is 0 Å². The number of nitrogens with one attached hydrogen (secondary N) is 1. The maximum Gasteiger partial charge on any atom is 0.187 e. The summed E-state index contributed by atoms with van der Waals surface area (Å²) in [5, 5.41) is 12.5. The van der Waals surface area contributed by atoms with E-state index < -0.39 is 0 Å². The van der Waals surface area contributed by atoms with E-state index in [2.05, 4.69) is 5.32 Å². The molecular weight excluding hydrogens is 282 g/mol. The van der Waals surface area contributed by atoms with Gasteiger partial charge in [0.2, 0.25) is 0 Å². The van der Waals surface area contributed by atoms with E-state index in [9.17, 15) is 9.90 Å². The molecule has 0 saturated heterocycles. The zero-order valence-electron chi connectivity index (χ0n) is 12.4. The van der Waals surface area contributed by atoms with Gasteiger partial charge >= 0.3 is 0 Å². The average molecular weight is 299 g/mol. The number of allylic oxidation sites excluding steroid dienone is 1. The highest BCUT2D eigenvalue weighted by Gasteiger charge is 2.08. The molecule has 0 amide bonds. The van der Waals surface area contributed by atoms with Crippen molar-refractivity contribution in [3.8, 4) is 17.2 Å². The number of benzene rings is 2. The fourth-order valence-corrected chi connectivity index (χ4v) is 1.89. The number of hydrogen-bond donors (Lipinski definition) is 2. The number of hydrogen-bond acceptors (Lipinski definition) is 5. The predicted molar refractivity (Wildman–Crippen MR) is 84.7 cm³/mol. The van der Waals surface area contributed by atoms with Gasteiger partial charge in [0, 0.05) is 17.8 Å². The van der Waals surface area contributed by atoms with Crippen LogP contribution in [0.4, 0.5) is 5.69 Å². The topological polar surface area (TPSA) is 67.8 Å². The number of rotatable bonds is 6. The summed E-state index contributed by atoms with van der Waals surface area (Å²) in [4.78, 5) is 12.1. The molecule has 2 aromatic rings. The Bertz CT molecular complexity index is 695. The minimum absolute atomic E-state index is 0.116. The zero-order chi connectivity index (χ0) is 15.9. The number of phenols is 1. The monoisotopic (exact) mass is 299 g/mol. The summed E-state index contributed by atoms with van der Waals surface area (Å²) >= 11 is 0. The van der Waals surface area contributed by atoms with E-state index in [1.54, 1.807) is 42.5 Å². The molecule has 0 aliphatic rings. The fourth-order valence-electron chi connectivity index (χ4n) is 1.89. The van der Waals surface area contributed by atoms with E-state index in [-0.39, 0.29) is 11.5 Å². The Morgan fingerprint density at radius 2 is 1.82 bits per heavy atom. The number of ether oxygens (including phenoxy) is 2. The van der Waals surface area contributed by atoms with E-state index in [0.29, 0.717) is 22.7 Å². The van der Waals surface area contributed by atoms with E-state index in [1.807, 2.05) is 0 Å². The molecule has 0 atom stereocenters. The summed E-state index contributed by atoms with van der Waals surface area (Å²) in [6.07, 6.45) is 2.86. The van der Waals surface area contributed by atoms with Gasteiger partial charge in [0.1, 0.15) is 5.75 Å². The van der Waals surface area contributed by atoms with Crippen molar-refractivity contribution in [3.05, 3.63) is 60.3 Å². The Morgan fingerprint density at radius 1 is 1.09 bits per heavy atom. The second-order valence-electron chi connectivity index (χ2n) is 4.43. The molecule has 0 radical (unpaired) electrons. The van der Waals surface area contributed by atoms with Gasteiger partial charge in [-0.15, -0.1) is 0 Å². The largest absolute Gasteiger partial charge is 0.506 e. The van der Waals surface area contributed by atoms with Crippen LogP contribution in [0.15, 0.2) is 54.7 Å². The molecule has 0 heterocycles. The van der Waals surface area contributed by atoms with Crippen LogP contribution < -0.4 is 14.8 Å². The standard InChI is InChI=1S/C17H17NO4/c1-21-16-8-7-12(11-17(16)22-2)14(19)9-10-18-13-5-3-4-6-15(13)20/h3-11,18,20H,1-2H3. The minimum Gasteiger partial charge on any atom is -0.506 e. The van der Waals surface area contributed by atoms with E-state index in [0.717, 1.165) is 0 Å². The molecule has 5 heteroatoms. The Morgan fingerprint density at radius 3 is 2.50 bits per heavy atom. The van der Waals surface area contributed by atoms with Crippen LogP contribution in [0.1, 0.15) is 10.4 Å². The van der Waals surface area contributed by atoms with Gasteiger partial charge < -0.3 is 19.9 Å². The average Bonchev–Trinajstić information content (AvgIpc) is 2.55. The first-order chi connectivity index (χ1) is 10.7. The molecule has 5 nitrogen and oxygen atoms in total. The highest BCUT2D eigenvalue weighted by molar-refractivity contribution is 6.05. The summed E-state index contributed by atoms with van der Waals surface area (Å²) in [5.74, 6) is 0.986. The van der Waals surface area contributed by atoms with Crippen LogP contribution in [-0.4, -0.2) is 25.1 Å². The van der Waals surface area contributed by atoms with Crippen molar-refractivity contribution >= 4 is 11.5 Å². The molecule has 0 saturated carbocycles. The second kappa shape index (κ2) is 7.17. The van der Waals surface area contributed by atoms with Crippen LogP contribution in [0.2, 0.25) is 0 Å². The third kappa shape index (κ3) is 3.58. The lowest BCUT2D eigenvalue weighted by Gasteiger charge is -2.08. The predicted octanol–water partition coefficient (Wildman–Crippen LogP) is 3.22. The molecule has 2 N–H and O–H groups in total. The molecule has 2 aromatic carbocycles. The van der Waals surface area contributed by atoms with Crippen molar-refractivity contribution in [2.75, 3.05) is 19.5 Å². The van der Waals surface area contributed by atoms with Crippen molar-refractivity contribution in [2.24, 2.45) is 0 Å². The lowest BCUT2D eigenvalue weighted by molar-refractivity contribution is 0.104. The van der Waals surface area contributed by atoms with Gasteiger partial charge in [-0.3, -0.25) is 4.79 Å². The Labute approximate surface area is 128 Å². The summed E-state index contributed by atoms with van der Waals surface area (Å²) in [7, 11) is 3.05. The first-order valence-corrected chi connectivity index (χ1v) is 6.63.